The number of aromatic carboxylic acids is 1. The number of alkyl halides is 12. The van der Waals surface area contributed by atoms with Gasteiger partial charge in [0.15, 0.2) is 40.4 Å². The van der Waals surface area contributed by atoms with Gasteiger partial charge in [0.05, 0.1) is 115 Å². The molecule has 28 nitrogen and oxygen atoms in total. The van der Waals surface area contributed by atoms with Gasteiger partial charge in [-0.05, 0) is 140 Å². The van der Waals surface area contributed by atoms with E-state index in [9.17, 15) is 91.4 Å². The van der Waals surface area contributed by atoms with Crippen LogP contribution in [0.4, 0.5) is 75.4 Å². The minimum absolute atomic E-state index is 0. The fraction of sp³-hybridized carbons (Fsp3) is 0.380. The number of carboxylic acids is 2. The van der Waals surface area contributed by atoms with Crippen molar-refractivity contribution in [2.75, 3.05) is 50.4 Å². The number of carbonyl (C=O) groups excluding carboxylic acids is 2. The summed E-state index contributed by atoms with van der Waals surface area (Å²) < 4.78 is 184. The number of anilines is 4. The Hall–Kier alpha value is -10.6. The Balaban J connectivity index is 0. The summed E-state index contributed by atoms with van der Waals surface area (Å²) in [6.07, 6.45) is -12.7. The third kappa shape index (κ3) is 34.0. The van der Waals surface area contributed by atoms with Crippen molar-refractivity contribution >= 4 is 97.1 Å². The SMILES string of the molecule is C.C.C1CCOC1.CCCC(CC(=O)O)n1c(=O)n(Cc2ccc(N)c(OC(F)(F)F)c2)c2ccccc21.CCCC(CC(=O)OC)n1c(=O)[nH]c2ccccc21.CCCC(CC(=O)OC)n1c(=O)n(Cc2ccc(N)c(OC(F)(F)F)c2)c2ccccc21.Nc1ccc(C(=O)O)cc1OC(F)(F)F.Nc1ccc(CO)cc1OC(F)(F)F.[AlH3].[H-].[Li+].[Li+].[OH-]. The fourth-order valence-electron chi connectivity index (χ4n) is 12.1. The summed E-state index contributed by atoms with van der Waals surface area (Å²) in [4.78, 5) is 86.8. The number of nitrogens with zero attached hydrogens (tertiary/aromatic N) is 5. The number of carbonyl (C=O) groups is 4. The van der Waals surface area contributed by atoms with Gasteiger partial charge in [0.1, 0.15) is 0 Å². The number of benzene rings is 7. The zero-order valence-electron chi connectivity index (χ0n) is 66.5. The normalized spacial score (nSPS) is 12.2. The molecule has 1 aliphatic heterocycles. The second-order valence-electron chi connectivity index (χ2n) is 25.6. The number of aliphatic hydroxyl groups is 1. The van der Waals surface area contributed by atoms with Crippen molar-refractivity contribution in [3.63, 3.8) is 0 Å². The van der Waals surface area contributed by atoms with E-state index in [2.05, 4.69) is 23.9 Å². The number of aromatic nitrogens is 6. The van der Waals surface area contributed by atoms with Gasteiger partial charge in [-0.25, -0.2) is 19.2 Å². The molecule has 3 unspecified atom stereocenters. The van der Waals surface area contributed by atoms with Gasteiger partial charge in [-0.2, -0.15) is 0 Å². The van der Waals surface area contributed by atoms with Gasteiger partial charge in [-0.15, -0.1) is 52.7 Å². The first kappa shape index (κ1) is 111. The van der Waals surface area contributed by atoms with Crippen LogP contribution in [0.2, 0.25) is 0 Å². The van der Waals surface area contributed by atoms with Crippen molar-refractivity contribution in [1.29, 1.82) is 0 Å². The van der Waals surface area contributed by atoms with E-state index in [0.29, 0.717) is 64.1 Å². The maximum absolute atomic E-state index is 13.4. The number of halogens is 12. The molecule has 1 saturated heterocycles. The summed E-state index contributed by atoms with van der Waals surface area (Å²) in [7, 11) is 2.66. The van der Waals surface area contributed by atoms with E-state index >= 15 is 0 Å². The van der Waals surface area contributed by atoms with E-state index in [1.54, 1.807) is 57.7 Å². The van der Waals surface area contributed by atoms with Crippen LogP contribution in [0.1, 0.15) is 153 Å². The van der Waals surface area contributed by atoms with E-state index in [4.69, 9.17) is 47.4 Å². The molecule has 43 heteroatoms. The first-order chi connectivity index (χ1) is 54.6. The van der Waals surface area contributed by atoms with Gasteiger partial charge in [0, 0.05) is 31.3 Å². The molecule has 3 aromatic heterocycles. The number of hydrogen-bond acceptors (Lipinski definition) is 20. The maximum Gasteiger partial charge on any atom is 1.00 e. The number of aliphatic hydroxyl groups excluding tert-OH is 1. The molecule has 1 aliphatic rings. The van der Waals surface area contributed by atoms with Crippen LogP contribution in [0.25, 0.3) is 33.1 Å². The van der Waals surface area contributed by atoms with E-state index in [0.717, 1.165) is 67.8 Å². The van der Waals surface area contributed by atoms with Crippen molar-refractivity contribution in [1.82, 2.24) is 27.8 Å². The summed E-state index contributed by atoms with van der Waals surface area (Å²) in [6, 6.07) is 34.8. The first-order valence-electron chi connectivity index (χ1n) is 35.6. The van der Waals surface area contributed by atoms with Crippen LogP contribution in [0, 0.1) is 0 Å². The molecule has 3 atom stereocenters. The first-order valence-corrected chi connectivity index (χ1v) is 35.6. The van der Waals surface area contributed by atoms with Gasteiger partial charge in [0.25, 0.3) is 0 Å². The Kier molecular flexibility index (Phi) is 46.9. The van der Waals surface area contributed by atoms with Crippen LogP contribution >= 0.6 is 0 Å². The molecular formula is C79H99AlF12Li2N10O18. The molecule has 0 radical (unpaired) electrons. The number of aromatic amines is 1. The van der Waals surface area contributed by atoms with Crippen molar-refractivity contribution in [2.45, 2.75) is 170 Å². The third-order valence-electron chi connectivity index (χ3n) is 17.1. The Labute approximate surface area is 728 Å². The number of nitrogen functional groups attached to an aromatic ring is 4. The molecule has 0 spiro atoms. The predicted molar refractivity (Wildman–Crippen MR) is 430 cm³/mol. The summed E-state index contributed by atoms with van der Waals surface area (Å²) in [5.74, 6) is -5.39. The van der Waals surface area contributed by atoms with Crippen LogP contribution in [0.15, 0.2) is 160 Å². The molecule has 1 fully saturated rings. The summed E-state index contributed by atoms with van der Waals surface area (Å²) in [5.41, 5.74) is 24.6. The summed E-state index contributed by atoms with van der Waals surface area (Å²) in [5, 5.41) is 26.5. The van der Waals surface area contributed by atoms with E-state index < -0.39 is 84.1 Å². The molecule has 662 valence electrons. The van der Waals surface area contributed by atoms with Crippen LogP contribution in [-0.2, 0) is 48.3 Å². The Morgan fingerprint density at radius 3 is 1.12 bits per heavy atom. The van der Waals surface area contributed by atoms with Crippen molar-refractivity contribution in [3.05, 3.63) is 199 Å². The number of ether oxygens (including phenoxy) is 7. The molecule has 0 bridgehead atoms. The van der Waals surface area contributed by atoms with E-state index in [-0.39, 0.29) is 168 Å². The zero-order chi connectivity index (χ0) is 86.0. The standard InChI is InChI=1S/C22H24F3N3O4.C21H22F3N3O4.C14H18N2O3.C8H6F3NO3.C8H8F3NO2.C4H8O.2CH4.Al.2Li.H2O.4H/c1-3-6-15(12-20(29)31-2)28-18-8-5-4-7-17(18)27(21(28)30)13-14-9-10-16(26)19(11-14)32-22(23,24)25;1-2-5-14(11-19(28)29)27-17-7-4-3-6-16(17)26(20(27)30)12-13-8-9-15(25)18(10-13)31-21(22,23)24;1-3-6-10(9-13(17)19-2)16-12-8-5-4-7-11(12)15-14(16)18;9-8(10,11)15-6-3-4(7(13)14)1-2-5(6)12;9-8(10,11)14-7-3-5(4-13)1-2-6(7)12;1-2-4-5-3-1;;;;;;;;;;/h4-5,7-11,15H,3,6,12-13,26H2,1-2H3;3-4,6-10,14H,2,5,11-12,25H2,1H3,(H,28,29);4-5,7-8,10H,3,6,9H2,1-2H3,(H,15,18);1-3H,12H2,(H,13,14);1-3,13H,4,12H2;1-4H2;2*1H4;;;;1H2;;;;/q;;;;;;;;;2*+1;;;;;-1/p-1. The molecule has 11 rings (SSSR count). The molecule has 0 amide bonds. The maximum atomic E-state index is 13.4. The largest absolute Gasteiger partial charge is 1.00 e. The van der Waals surface area contributed by atoms with E-state index in [1.807, 2.05) is 45.0 Å². The van der Waals surface area contributed by atoms with Crippen molar-refractivity contribution in [3.8, 4) is 23.0 Å². The van der Waals surface area contributed by atoms with Crippen molar-refractivity contribution < 1.29 is 165 Å². The quantitative estimate of drug-likeness (QED) is 0.0114. The van der Waals surface area contributed by atoms with Crippen molar-refractivity contribution in [2.24, 2.45) is 0 Å². The number of H-pyrrole nitrogens is 1. The number of esters is 2. The number of nitrogens with two attached hydrogens (primary N) is 4. The summed E-state index contributed by atoms with van der Waals surface area (Å²) in [6.45, 7) is 7.48. The molecule has 7 aromatic carbocycles. The number of nitrogens with one attached hydrogen (secondary N) is 1. The van der Waals surface area contributed by atoms with E-state index in [1.165, 1.54) is 83.2 Å². The number of fused-ring (bicyclic) bond motifs is 3. The van der Waals surface area contributed by atoms with Crippen LogP contribution in [0.5, 0.6) is 23.0 Å². The number of para-hydroxylation sites is 6. The van der Waals surface area contributed by atoms with Crippen LogP contribution in [0.3, 0.4) is 0 Å². The Morgan fingerprint density at radius 1 is 0.475 bits per heavy atom. The van der Waals surface area contributed by atoms with Gasteiger partial charge in [0.2, 0.25) is 0 Å². The monoisotopic (exact) mass is 1740 g/mol. The average molecular weight is 1750 g/mol. The second kappa shape index (κ2) is 51.4. The zero-order valence-corrected chi connectivity index (χ0v) is 65.5. The Morgan fingerprint density at radius 2 is 0.795 bits per heavy atom. The fourth-order valence-corrected chi connectivity index (χ4v) is 12.1. The third-order valence-corrected chi connectivity index (χ3v) is 17.1. The average Bonchev–Trinajstić information content (AvgIpc) is 1.62. The van der Waals surface area contributed by atoms with Crippen LogP contribution in [-0.4, -0.2) is 143 Å². The number of carboxylic acid groups (broad SMARTS) is 2. The molecule has 0 saturated carbocycles. The van der Waals surface area contributed by atoms with Gasteiger partial charge in [-0.3, -0.25) is 37.2 Å². The van der Waals surface area contributed by atoms with Gasteiger partial charge in [-0.1, -0.05) is 109 Å². The number of methoxy groups -OCH3 is 2. The number of rotatable bonds is 25. The predicted octanol–water partition coefficient (Wildman–Crippen LogP) is 8.97. The summed E-state index contributed by atoms with van der Waals surface area (Å²) >= 11 is 0. The molecule has 13 N–H and O–H groups in total. The molecule has 122 heavy (non-hydrogen) atoms. The molecule has 0 aliphatic carbocycles. The molecular weight excluding hydrogens is 1650 g/mol. The second-order valence-corrected chi connectivity index (χ2v) is 25.6. The van der Waals surface area contributed by atoms with Gasteiger partial charge >= 0.3 is 104 Å². The van der Waals surface area contributed by atoms with Crippen LogP contribution < -0.4 is 96.7 Å². The molecule has 10 aromatic rings. The Bertz CT molecular complexity index is 5150. The smallest absolute Gasteiger partial charge is 1.00 e. The van der Waals surface area contributed by atoms with Gasteiger partial charge < -0.3 is 83.3 Å². The number of aliphatic carboxylic acids is 1. The minimum Gasteiger partial charge on any atom is -1.00 e. The number of hydrogen-bond donors (Lipinski definition) is 8. The molecule has 4 heterocycles. The minimum atomic E-state index is -4.90. The topological polar surface area (TPSA) is 419 Å². The number of imidazole rings is 3.